The molecule has 0 radical (unpaired) electrons. The van der Waals surface area contributed by atoms with E-state index < -0.39 is 18.5 Å². The predicted octanol–water partition coefficient (Wildman–Crippen LogP) is -1.48. The smallest absolute Gasteiger partial charge is 0.330 e. The molecule has 6 nitrogen and oxygen atoms in total. The summed E-state index contributed by atoms with van der Waals surface area (Å²) in [7, 11) is 6.00. The molecule has 0 aliphatic carbocycles. The molecule has 0 aliphatic heterocycles. The van der Waals surface area contributed by atoms with Crippen molar-refractivity contribution in [2.75, 3.05) is 27.7 Å². The van der Waals surface area contributed by atoms with E-state index in [0.717, 1.165) is 6.08 Å². The summed E-state index contributed by atoms with van der Waals surface area (Å²) in [6.07, 6.45) is 0.839. The second-order valence-corrected chi connectivity index (χ2v) is 2.93. The zero-order chi connectivity index (χ0) is 11.8. The van der Waals surface area contributed by atoms with E-state index in [9.17, 15) is 4.79 Å². The van der Waals surface area contributed by atoms with Gasteiger partial charge >= 0.3 is 11.9 Å². The fraction of sp³-hybridized carbons (Fsp3) is 0.625. The van der Waals surface area contributed by atoms with Crippen molar-refractivity contribution in [2.45, 2.75) is 5.97 Å². The Hall–Kier alpha value is -0.950. The van der Waals surface area contributed by atoms with Crippen LogP contribution in [0.25, 0.3) is 0 Å². The number of carbonyl (C=O) groups excluding carboxylic acids is 1. The molecule has 0 spiro atoms. The van der Waals surface area contributed by atoms with Gasteiger partial charge in [0.2, 0.25) is 0 Å². The van der Waals surface area contributed by atoms with Crippen molar-refractivity contribution in [1.29, 1.82) is 0 Å². The molecule has 0 saturated heterocycles. The first-order valence-corrected chi connectivity index (χ1v) is 3.76. The van der Waals surface area contributed by atoms with Crippen LogP contribution < -0.4 is 0 Å². The molecular formula is C8H17NO5. The molecule has 0 aromatic carbocycles. The minimum Gasteiger partial charge on any atom is -0.454 e. The lowest BCUT2D eigenvalue weighted by Gasteiger charge is -2.12. The second kappa shape index (κ2) is 7.45. The van der Waals surface area contributed by atoms with E-state index in [1.807, 2.05) is 26.0 Å². The Morgan fingerprint density at radius 1 is 1.43 bits per heavy atom. The summed E-state index contributed by atoms with van der Waals surface area (Å²) in [5.41, 5.74) is 0. The highest BCUT2D eigenvalue weighted by atomic mass is 16.7. The Bertz CT molecular complexity index is 170. The normalized spacial score (nSPS) is 10.2. The molecule has 0 aromatic rings. The number of esters is 1. The van der Waals surface area contributed by atoms with Crippen LogP contribution in [0.15, 0.2) is 12.7 Å². The molecule has 0 bridgehead atoms. The monoisotopic (exact) mass is 207 g/mol. The van der Waals surface area contributed by atoms with Crippen LogP contribution in [0.4, 0.5) is 0 Å². The van der Waals surface area contributed by atoms with Crippen molar-refractivity contribution in [3.8, 4) is 0 Å². The molecule has 0 heterocycles. The van der Waals surface area contributed by atoms with Gasteiger partial charge in [-0.15, -0.1) is 0 Å². The maximum atomic E-state index is 10.2. The maximum Gasteiger partial charge on any atom is 0.330 e. The van der Waals surface area contributed by atoms with Gasteiger partial charge in [0.1, 0.15) is 0 Å². The van der Waals surface area contributed by atoms with Gasteiger partial charge in [0.25, 0.3) is 0 Å². The van der Waals surface area contributed by atoms with Gasteiger partial charge in [0.15, 0.2) is 6.61 Å². The summed E-state index contributed by atoms with van der Waals surface area (Å²) in [5, 5.41) is 24.5. The van der Waals surface area contributed by atoms with Crippen molar-refractivity contribution in [1.82, 2.24) is 4.90 Å². The molecule has 84 valence electrons. The molecule has 14 heavy (non-hydrogen) atoms. The van der Waals surface area contributed by atoms with Crippen LogP contribution in [0.2, 0.25) is 0 Å². The number of nitrogens with zero attached hydrogens (tertiary/aromatic N) is 1. The third-order valence-electron chi connectivity index (χ3n) is 0.575. The van der Waals surface area contributed by atoms with Crippen LogP contribution in [0.5, 0.6) is 0 Å². The first-order chi connectivity index (χ1) is 6.19. The Morgan fingerprint density at radius 3 is 2.00 bits per heavy atom. The van der Waals surface area contributed by atoms with E-state index in [1.165, 1.54) is 0 Å². The predicted molar refractivity (Wildman–Crippen MR) is 50.2 cm³/mol. The highest BCUT2D eigenvalue weighted by Crippen LogP contribution is 1.93. The molecule has 3 N–H and O–H groups in total. The fourth-order valence-corrected chi connectivity index (χ4v) is 0.227. The zero-order valence-electron chi connectivity index (χ0n) is 8.60. The standard InChI is InChI=1S/C5H8O5.C3H9N/c1-2-4(6)10-3-5(7,8)9;1-4(2)3/h2,7-9H,1,3H2;1-3H3. The van der Waals surface area contributed by atoms with E-state index in [4.69, 9.17) is 15.3 Å². The first kappa shape index (κ1) is 15.5. The van der Waals surface area contributed by atoms with Gasteiger partial charge in [-0.3, -0.25) is 0 Å². The third-order valence-corrected chi connectivity index (χ3v) is 0.575. The van der Waals surface area contributed by atoms with Crippen molar-refractivity contribution in [2.24, 2.45) is 0 Å². The number of hydrogen-bond donors (Lipinski definition) is 3. The number of aliphatic hydroxyl groups is 3. The Kier molecular flexibility index (Phi) is 8.26. The lowest BCUT2D eigenvalue weighted by molar-refractivity contribution is -0.327. The molecule has 0 aliphatic rings. The van der Waals surface area contributed by atoms with Crippen molar-refractivity contribution in [3.05, 3.63) is 12.7 Å². The number of hydrogen-bond acceptors (Lipinski definition) is 6. The number of carbonyl (C=O) groups is 1. The highest BCUT2D eigenvalue weighted by Gasteiger charge is 2.19. The maximum absolute atomic E-state index is 10.2. The lowest BCUT2D eigenvalue weighted by atomic mass is 10.6. The van der Waals surface area contributed by atoms with Crippen LogP contribution in [-0.4, -0.2) is 59.9 Å². The summed E-state index contributed by atoms with van der Waals surface area (Å²) >= 11 is 0. The summed E-state index contributed by atoms with van der Waals surface area (Å²) in [6, 6.07) is 0. The van der Waals surface area contributed by atoms with Crippen LogP contribution in [-0.2, 0) is 9.53 Å². The van der Waals surface area contributed by atoms with E-state index in [1.54, 1.807) is 0 Å². The van der Waals surface area contributed by atoms with Crippen molar-refractivity contribution < 1.29 is 24.9 Å². The van der Waals surface area contributed by atoms with Gasteiger partial charge < -0.3 is 25.0 Å². The summed E-state index contributed by atoms with van der Waals surface area (Å²) < 4.78 is 4.05. The van der Waals surface area contributed by atoms with Crippen LogP contribution in [0, 0.1) is 0 Å². The molecule has 6 heteroatoms. The van der Waals surface area contributed by atoms with Crippen molar-refractivity contribution >= 4 is 5.97 Å². The van der Waals surface area contributed by atoms with E-state index in [-0.39, 0.29) is 0 Å². The zero-order valence-corrected chi connectivity index (χ0v) is 8.60. The van der Waals surface area contributed by atoms with Crippen LogP contribution in [0.3, 0.4) is 0 Å². The average molecular weight is 207 g/mol. The molecule has 0 amide bonds. The van der Waals surface area contributed by atoms with Crippen molar-refractivity contribution in [3.63, 3.8) is 0 Å². The summed E-state index contributed by atoms with van der Waals surface area (Å²) in [6.45, 7) is 2.15. The van der Waals surface area contributed by atoms with Gasteiger partial charge in [0.05, 0.1) is 0 Å². The first-order valence-electron chi connectivity index (χ1n) is 3.76. The fourth-order valence-electron chi connectivity index (χ4n) is 0.227. The average Bonchev–Trinajstić information content (AvgIpc) is 1.97. The molecular weight excluding hydrogens is 190 g/mol. The lowest BCUT2D eigenvalue weighted by Crippen LogP contribution is -2.34. The minimum absolute atomic E-state index is 0.832. The van der Waals surface area contributed by atoms with Crippen LogP contribution >= 0.6 is 0 Å². The van der Waals surface area contributed by atoms with Gasteiger partial charge in [-0.2, -0.15) is 0 Å². The minimum atomic E-state index is -2.96. The molecule has 0 unspecified atom stereocenters. The van der Waals surface area contributed by atoms with E-state index in [0.29, 0.717) is 0 Å². The molecule has 0 aromatic heterocycles. The van der Waals surface area contributed by atoms with Gasteiger partial charge in [-0.1, -0.05) is 6.58 Å². The SMILES string of the molecule is C=CC(=O)OCC(O)(O)O.CN(C)C. The van der Waals surface area contributed by atoms with Crippen LogP contribution in [0.1, 0.15) is 0 Å². The highest BCUT2D eigenvalue weighted by molar-refractivity contribution is 5.81. The summed E-state index contributed by atoms with van der Waals surface area (Å²) in [4.78, 5) is 12.2. The largest absolute Gasteiger partial charge is 0.454 e. The number of rotatable bonds is 3. The Balaban J connectivity index is 0. The topological polar surface area (TPSA) is 90.2 Å². The Labute approximate surface area is 83.0 Å². The number of ether oxygens (including phenoxy) is 1. The van der Waals surface area contributed by atoms with E-state index in [2.05, 4.69) is 11.3 Å². The second-order valence-electron chi connectivity index (χ2n) is 2.93. The molecule has 0 atom stereocenters. The summed E-state index contributed by atoms with van der Waals surface area (Å²) in [5.74, 6) is -3.79. The van der Waals surface area contributed by atoms with Gasteiger partial charge in [0, 0.05) is 6.08 Å². The van der Waals surface area contributed by atoms with Gasteiger partial charge in [-0.25, -0.2) is 4.79 Å². The molecule has 0 rings (SSSR count). The third kappa shape index (κ3) is 22.5. The van der Waals surface area contributed by atoms with Gasteiger partial charge in [-0.05, 0) is 21.1 Å². The van der Waals surface area contributed by atoms with E-state index >= 15 is 0 Å². The molecule has 0 saturated carbocycles. The molecule has 0 fully saturated rings. The quantitative estimate of drug-likeness (QED) is 0.297. The Morgan fingerprint density at radius 2 is 1.79 bits per heavy atom.